The molecule has 1 aromatic carbocycles. The minimum atomic E-state index is 0.168. The number of carbonyl (C=O) groups is 1. The van der Waals surface area contributed by atoms with E-state index in [-0.39, 0.29) is 5.91 Å². The van der Waals surface area contributed by atoms with Crippen LogP contribution in [0.25, 0.3) is 0 Å². The molecule has 110 valence electrons. The number of rotatable bonds is 5. The van der Waals surface area contributed by atoms with E-state index in [1.807, 2.05) is 36.2 Å². The highest BCUT2D eigenvalue weighted by molar-refractivity contribution is 5.78. The summed E-state index contributed by atoms with van der Waals surface area (Å²) in [7, 11) is 3.53. The maximum atomic E-state index is 12.2. The number of likely N-dealkylation sites (N-methyl/N-ethyl adjacent to an activating group) is 1. The Morgan fingerprint density at radius 1 is 1.30 bits per heavy atom. The Morgan fingerprint density at radius 3 is 2.55 bits per heavy atom. The lowest BCUT2D eigenvalue weighted by Crippen LogP contribution is -2.35. The number of hydrogen-bond donors (Lipinski definition) is 0. The van der Waals surface area contributed by atoms with Gasteiger partial charge in [0.25, 0.3) is 0 Å². The second-order valence-corrected chi connectivity index (χ2v) is 5.35. The van der Waals surface area contributed by atoms with E-state index >= 15 is 0 Å². The first-order valence-corrected chi connectivity index (χ1v) is 7.13. The van der Waals surface area contributed by atoms with Gasteiger partial charge in [0.2, 0.25) is 5.91 Å². The highest BCUT2D eigenvalue weighted by Crippen LogP contribution is 2.16. The van der Waals surface area contributed by atoms with Gasteiger partial charge in [0, 0.05) is 26.8 Å². The minimum Gasteiger partial charge on any atom is -0.497 e. The predicted molar refractivity (Wildman–Crippen MR) is 77.9 cm³/mol. The molecule has 0 bridgehead atoms. The quantitative estimate of drug-likeness (QED) is 0.827. The van der Waals surface area contributed by atoms with Gasteiger partial charge < -0.3 is 14.4 Å². The molecule has 0 aromatic heterocycles. The zero-order valence-corrected chi connectivity index (χ0v) is 12.3. The van der Waals surface area contributed by atoms with Gasteiger partial charge in [-0.05, 0) is 36.5 Å². The molecule has 0 saturated carbocycles. The summed E-state index contributed by atoms with van der Waals surface area (Å²) in [6, 6.07) is 7.67. The number of nitrogens with zero attached hydrogens (tertiary/aromatic N) is 1. The predicted octanol–water partition coefficient (Wildman–Crippen LogP) is 2.12. The first-order valence-electron chi connectivity index (χ1n) is 7.13. The molecule has 1 heterocycles. The van der Waals surface area contributed by atoms with Gasteiger partial charge in [0.05, 0.1) is 13.5 Å². The van der Waals surface area contributed by atoms with Crippen LogP contribution >= 0.6 is 0 Å². The van der Waals surface area contributed by atoms with Crippen LogP contribution in [0.1, 0.15) is 18.4 Å². The van der Waals surface area contributed by atoms with Crippen LogP contribution in [0.5, 0.6) is 5.75 Å². The molecule has 2 rings (SSSR count). The first-order chi connectivity index (χ1) is 9.69. The molecule has 1 aliphatic rings. The van der Waals surface area contributed by atoms with Crippen molar-refractivity contribution in [2.45, 2.75) is 19.3 Å². The monoisotopic (exact) mass is 277 g/mol. The Kier molecular flexibility index (Phi) is 5.41. The molecule has 1 aromatic rings. The molecule has 4 nitrogen and oxygen atoms in total. The number of benzene rings is 1. The standard InChI is InChI=1S/C16H23NO3/c1-17(12-14-7-9-20-10-8-14)16(18)11-13-3-5-15(19-2)6-4-13/h3-6,14H,7-12H2,1-2H3. The Morgan fingerprint density at radius 2 is 1.95 bits per heavy atom. The lowest BCUT2D eigenvalue weighted by molar-refractivity contribution is -0.130. The van der Waals surface area contributed by atoms with E-state index in [2.05, 4.69) is 0 Å². The van der Waals surface area contributed by atoms with E-state index in [1.54, 1.807) is 7.11 Å². The van der Waals surface area contributed by atoms with Crippen molar-refractivity contribution in [3.63, 3.8) is 0 Å². The minimum absolute atomic E-state index is 0.168. The maximum absolute atomic E-state index is 12.2. The molecular formula is C16H23NO3. The Labute approximate surface area is 120 Å². The Bertz CT molecular complexity index is 424. The summed E-state index contributed by atoms with van der Waals surface area (Å²) in [5.41, 5.74) is 1.02. The molecule has 20 heavy (non-hydrogen) atoms. The molecule has 0 N–H and O–H groups in total. The summed E-state index contributed by atoms with van der Waals surface area (Å²) in [6.45, 7) is 2.48. The Balaban J connectivity index is 1.83. The van der Waals surface area contributed by atoms with E-state index in [0.717, 1.165) is 43.9 Å². The zero-order chi connectivity index (χ0) is 14.4. The average molecular weight is 277 g/mol. The SMILES string of the molecule is COc1ccc(CC(=O)N(C)CC2CCOCC2)cc1. The third-order valence-corrected chi connectivity index (χ3v) is 3.81. The number of hydrogen-bond acceptors (Lipinski definition) is 3. The summed E-state index contributed by atoms with van der Waals surface area (Å²) < 4.78 is 10.5. The van der Waals surface area contributed by atoms with E-state index in [9.17, 15) is 4.79 Å². The fourth-order valence-electron chi connectivity index (χ4n) is 2.47. The molecule has 0 atom stereocenters. The topological polar surface area (TPSA) is 38.8 Å². The smallest absolute Gasteiger partial charge is 0.226 e. The molecule has 4 heteroatoms. The van der Waals surface area contributed by atoms with Crippen molar-refractivity contribution < 1.29 is 14.3 Å². The largest absolute Gasteiger partial charge is 0.497 e. The normalized spacial score (nSPS) is 15.9. The van der Waals surface area contributed by atoms with E-state index in [0.29, 0.717) is 12.3 Å². The molecule has 0 spiro atoms. The molecule has 1 aliphatic heterocycles. The third-order valence-electron chi connectivity index (χ3n) is 3.81. The van der Waals surface area contributed by atoms with Crippen LogP contribution in [0.15, 0.2) is 24.3 Å². The van der Waals surface area contributed by atoms with Crippen molar-refractivity contribution in [3.05, 3.63) is 29.8 Å². The summed E-state index contributed by atoms with van der Waals surface area (Å²) in [6.07, 6.45) is 2.56. The zero-order valence-electron chi connectivity index (χ0n) is 12.3. The maximum Gasteiger partial charge on any atom is 0.226 e. The summed E-state index contributed by atoms with van der Waals surface area (Å²) in [4.78, 5) is 14.1. The molecule has 1 saturated heterocycles. The number of methoxy groups -OCH3 is 1. The van der Waals surface area contributed by atoms with Crippen molar-refractivity contribution in [1.82, 2.24) is 4.90 Å². The highest BCUT2D eigenvalue weighted by atomic mass is 16.5. The Hall–Kier alpha value is -1.55. The van der Waals surface area contributed by atoms with Gasteiger partial charge >= 0.3 is 0 Å². The number of carbonyl (C=O) groups excluding carboxylic acids is 1. The van der Waals surface area contributed by atoms with Crippen molar-refractivity contribution >= 4 is 5.91 Å². The lowest BCUT2D eigenvalue weighted by Gasteiger charge is -2.27. The number of ether oxygens (including phenoxy) is 2. The van der Waals surface area contributed by atoms with Crippen molar-refractivity contribution in [2.24, 2.45) is 5.92 Å². The van der Waals surface area contributed by atoms with Gasteiger partial charge in [-0.15, -0.1) is 0 Å². The van der Waals surface area contributed by atoms with Gasteiger partial charge in [-0.25, -0.2) is 0 Å². The van der Waals surface area contributed by atoms with E-state index in [4.69, 9.17) is 9.47 Å². The van der Waals surface area contributed by atoms with Crippen LogP contribution in [0.3, 0.4) is 0 Å². The van der Waals surface area contributed by atoms with Gasteiger partial charge in [0.1, 0.15) is 5.75 Å². The van der Waals surface area contributed by atoms with Gasteiger partial charge in [-0.1, -0.05) is 12.1 Å². The molecule has 0 aliphatic carbocycles. The van der Waals surface area contributed by atoms with Crippen molar-refractivity contribution in [1.29, 1.82) is 0 Å². The van der Waals surface area contributed by atoms with Crippen molar-refractivity contribution in [3.8, 4) is 5.75 Å². The molecule has 0 unspecified atom stereocenters. The lowest BCUT2D eigenvalue weighted by atomic mass is 9.99. The van der Waals surface area contributed by atoms with Crippen LogP contribution in [-0.2, 0) is 16.0 Å². The highest BCUT2D eigenvalue weighted by Gasteiger charge is 2.18. The second kappa shape index (κ2) is 7.29. The van der Waals surface area contributed by atoms with Crippen molar-refractivity contribution in [2.75, 3.05) is 33.9 Å². The fraction of sp³-hybridized carbons (Fsp3) is 0.562. The van der Waals surface area contributed by atoms with Crippen LogP contribution in [0.2, 0.25) is 0 Å². The van der Waals surface area contributed by atoms with Crippen LogP contribution in [0.4, 0.5) is 0 Å². The molecule has 1 amide bonds. The third kappa shape index (κ3) is 4.23. The number of amides is 1. The van der Waals surface area contributed by atoms with Crippen LogP contribution < -0.4 is 4.74 Å². The fourth-order valence-corrected chi connectivity index (χ4v) is 2.47. The molecule has 1 fully saturated rings. The molecular weight excluding hydrogens is 254 g/mol. The van der Waals surface area contributed by atoms with Gasteiger partial charge in [-0.3, -0.25) is 4.79 Å². The van der Waals surface area contributed by atoms with Gasteiger partial charge in [-0.2, -0.15) is 0 Å². The molecule has 0 radical (unpaired) electrons. The summed E-state index contributed by atoms with van der Waals surface area (Å²) in [5.74, 6) is 1.56. The first kappa shape index (κ1) is 14.9. The van der Waals surface area contributed by atoms with Gasteiger partial charge in [0.15, 0.2) is 0 Å². The van der Waals surface area contributed by atoms with E-state index < -0.39 is 0 Å². The summed E-state index contributed by atoms with van der Waals surface area (Å²) in [5, 5.41) is 0. The summed E-state index contributed by atoms with van der Waals surface area (Å²) >= 11 is 0. The average Bonchev–Trinajstić information content (AvgIpc) is 2.49. The van der Waals surface area contributed by atoms with Crippen LogP contribution in [0, 0.1) is 5.92 Å². The van der Waals surface area contributed by atoms with Crippen LogP contribution in [-0.4, -0.2) is 44.7 Å². The van der Waals surface area contributed by atoms with E-state index in [1.165, 1.54) is 0 Å². The second-order valence-electron chi connectivity index (χ2n) is 5.35.